The lowest BCUT2D eigenvalue weighted by Gasteiger charge is -2.24. The van der Waals surface area contributed by atoms with Crippen molar-refractivity contribution in [3.05, 3.63) is 64.1 Å². The predicted molar refractivity (Wildman–Crippen MR) is 81.4 cm³/mol. The zero-order valence-electron chi connectivity index (χ0n) is 11.6. The summed E-state index contributed by atoms with van der Waals surface area (Å²) in [6.45, 7) is 4.55. The molecule has 0 spiro atoms. The Bertz CT molecular complexity index is 716. The Balaban J connectivity index is 2.22. The minimum atomic E-state index is -0.223. The van der Waals surface area contributed by atoms with E-state index in [1.165, 1.54) is 0 Å². The fourth-order valence-electron chi connectivity index (χ4n) is 2.58. The van der Waals surface area contributed by atoms with Gasteiger partial charge in [0.15, 0.2) is 0 Å². The number of anilines is 1. The molecule has 1 N–H and O–H groups in total. The van der Waals surface area contributed by atoms with Crippen LogP contribution < -0.4 is 10.9 Å². The Morgan fingerprint density at radius 1 is 1.25 bits per heavy atom. The first-order valence-electron chi connectivity index (χ1n) is 6.80. The number of hydrogen-bond donors (Lipinski definition) is 1. The predicted octanol–water partition coefficient (Wildman–Crippen LogP) is 2.80. The maximum Gasteiger partial charge on any atom is 0.258 e. The van der Waals surface area contributed by atoms with Gasteiger partial charge in [-0.3, -0.25) is 9.79 Å². The van der Waals surface area contributed by atoms with Crippen LogP contribution in [0.3, 0.4) is 0 Å². The molecule has 0 radical (unpaired) electrons. The number of aromatic nitrogens is 1. The fourth-order valence-corrected chi connectivity index (χ4v) is 2.58. The van der Waals surface area contributed by atoms with E-state index in [4.69, 9.17) is 0 Å². The van der Waals surface area contributed by atoms with Gasteiger partial charge in [-0.2, -0.15) is 0 Å². The molecule has 0 bridgehead atoms. The molecule has 4 nitrogen and oxygen atoms in total. The quantitative estimate of drug-likeness (QED) is 0.909. The number of nitrogens with one attached hydrogen (secondary N) is 1. The highest BCUT2D eigenvalue weighted by Crippen LogP contribution is 2.32. The zero-order chi connectivity index (χ0) is 14.1. The summed E-state index contributed by atoms with van der Waals surface area (Å²) in [6, 6.07) is 11.7. The molecule has 3 rings (SSSR count). The van der Waals surface area contributed by atoms with Crippen LogP contribution in [0.25, 0.3) is 0 Å². The van der Waals surface area contributed by atoms with Crippen LogP contribution in [0.5, 0.6) is 0 Å². The van der Waals surface area contributed by atoms with Gasteiger partial charge < -0.3 is 9.88 Å². The second-order valence-electron chi connectivity index (χ2n) is 4.89. The van der Waals surface area contributed by atoms with Crippen molar-refractivity contribution in [1.82, 2.24) is 4.57 Å². The zero-order valence-corrected chi connectivity index (χ0v) is 11.6. The average molecular weight is 267 g/mol. The van der Waals surface area contributed by atoms with Gasteiger partial charge in [-0.15, -0.1) is 0 Å². The Morgan fingerprint density at radius 2 is 2.00 bits per heavy atom. The van der Waals surface area contributed by atoms with Gasteiger partial charge in [0, 0.05) is 12.7 Å². The first-order chi connectivity index (χ1) is 9.70. The molecular weight excluding hydrogens is 250 g/mol. The van der Waals surface area contributed by atoms with Crippen LogP contribution in [0.4, 0.5) is 5.69 Å². The maximum absolute atomic E-state index is 12.6. The third kappa shape index (κ3) is 2.03. The van der Waals surface area contributed by atoms with Gasteiger partial charge in [-0.05, 0) is 25.5 Å². The molecule has 2 aromatic rings. The van der Waals surface area contributed by atoms with Crippen LogP contribution in [0, 0.1) is 0 Å². The summed E-state index contributed by atoms with van der Waals surface area (Å²) in [5.74, 6) is 0.833. The third-order valence-electron chi connectivity index (χ3n) is 3.57. The van der Waals surface area contributed by atoms with Crippen molar-refractivity contribution in [3.63, 3.8) is 0 Å². The lowest BCUT2D eigenvalue weighted by atomic mass is 9.97. The van der Waals surface area contributed by atoms with Crippen LogP contribution >= 0.6 is 0 Å². The molecule has 0 saturated carbocycles. The first kappa shape index (κ1) is 12.7. The van der Waals surface area contributed by atoms with Gasteiger partial charge >= 0.3 is 0 Å². The van der Waals surface area contributed by atoms with Crippen molar-refractivity contribution in [2.24, 2.45) is 4.99 Å². The Hall–Kier alpha value is -2.36. The number of nitrogens with zero attached hydrogens (tertiary/aromatic N) is 2. The van der Waals surface area contributed by atoms with Gasteiger partial charge in [0.2, 0.25) is 0 Å². The van der Waals surface area contributed by atoms with E-state index >= 15 is 0 Å². The van der Waals surface area contributed by atoms with Gasteiger partial charge in [-0.25, -0.2) is 0 Å². The smallest absolute Gasteiger partial charge is 0.258 e. The molecule has 0 aliphatic carbocycles. The van der Waals surface area contributed by atoms with Crippen LogP contribution in [-0.4, -0.2) is 10.4 Å². The van der Waals surface area contributed by atoms with Gasteiger partial charge in [-0.1, -0.05) is 30.3 Å². The summed E-state index contributed by atoms with van der Waals surface area (Å²) in [7, 11) is 0. The summed E-state index contributed by atoms with van der Waals surface area (Å²) < 4.78 is 1.71. The van der Waals surface area contributed by atoms with Crippen molar-refractivity contribution >= 4 is 11.5 Å². The van der Waals surface area contributed by atoms with Gasteiger partial charge in [0.1, 0.15) is 6.04 Å². The minimum absolute atomic E-state index is 0.0302. The van der Waals surface area contributed by atoms with E-state index in [1.807, 2.05) is 56.4 Å². The van der Waals surface area contributed by atoms with Crippen molar-refractivity contribution in [2.75, 3.05) is 5.32 Å². The normalized spacial score (nSPS) is 17.1. The summed E-state index contributed by atoms with van der Waals surface area (Å²) in [6.07, 6.45) is 1.83. The standard InChI is InChI=1S/C16H17N3O/c1-3-19-10-9-13-14(16(19)20)15(18-11(2)17-13)12-7-5-4-6-8-12/h4-10,15H,3H2,1-2H3,(H,17,18). The maximum atomic E-state index is 12.6. The van der Waals surface area contributed by atoms with Crippen LogP contribution in [0.2, 0.25) is 0 Å². The van der Waals surface area contributed by atoms with E-state index in [2.05, 4.69) is 10.3 Å². The molecule has 1 aromatic heterocycles. The molecule has 0 fully saturated rings. The van der Waals surface area contributed by atoms with E-state index in [-0.39, 0.29) is 11.6 Å². The average Bonchev–Trinajstić information content (AvgIpc) is 2.47. The highest BCUT2D eigenvalue weighted by molar-refractivity contribution is 5.96. The minimum Gasteiger partial charge on any atom is -0.344 e. The van der Waals surface area contributed by atoms with Crippen molar-refractivity contribution < 1.29 is 0 Å². The number of aliphatic imine (C=N–C) groups is 1. The number of fused-ring (bicyclic) bond motifs is 1. The molecule has 1 atom stereocenters. The lowest BCUT2D eigenvalue weighted by Crippen LogP contribution is -2.30. The van der Waals surface area contributed by atoms with Crippen molar-refractivity contribution in [3.8, 4) is 0 Å². The van der Waals surface area contributed by atoms with E-state index in [9.17, 15) is 4.79 Å². The summed E-state index contributed by atoms with van der Waals surface area (Å²) in [5, 5.41) is 3.19. The first-order valence-corrected chi connectivity index (χ1v) is 6.80. The SMILES string of the molecule is CCn1ccc2c(c1=O)C(c1ccccc1)N=C(C)N2. The molecular formula is C16H17N3O. The number of rotatable bonds is 2. The number of pyridine rings is 1. The largest absolute Gasteiger partial charge is 0.344 e. The van der Waals surface area contributed by atoms with Gasteiger partial charge in [0.05, 0.1) is 17.1 Å². The Labute approximate surface area is 117 Å². The summed E-state index contributed by atoms with van der Waals surface area (Å²) >= 11 is 0. The molecule has 102 valence electrons. The second kappa shape index (κ2) is 4.96. The van der Waals surface area contributed by atoms with E-state index in [1.54, 1.807) is 4.57 Å². The van der Waals surface area contributed by atoms with E-state index < -0.39 is 0 Å². The molecule has 1 aliphatic heterocycles. The fraction of sp³-hybridized carbons (Fsp3) is 0.250. The van der Waals surface area contributed by atoms with Crippen LogP contribution in [0.1, 0.15) is 31.0 Å². The molecule has 0 saturated heterocycles. The molecule has 1 aromatic carbocycles. The van der Waals surface area contributed by atoms with Gasteiger partial charge in [0.25, 0.3) is 5.56 Å². The van der Waals surface area contributed by atoms with Crippen LogP contribution in [0.15, 0.2) is 52.4 Å². The Kier molecular flexibility index (Phi) is 3.14. The second-order valence-corrected chi connectivity index (χ2v) is 4.89. The van der Waals surface area contributed by atoms with E-state index in [0.717, 1.165) is 22.6 Å². The number of amidine groups is 1. The highest BCUT2D eigenvalue weighted by Gasteiger charge is 2.25. The number of aryl methyl sites for hydroxylation is 1. The molecule has 20 heavy (non-hydrogen) atoms. The summed E-state index contributed by atoms with van der Waals surface area (Å²) in [4.78, 5) is 17.2. The monoisotopic (exact) mass is 267 g/mol. The third-order valence-corrected chi connectivity index (χ3v) is 3.57. The number of hydrogen-bond acceptors (Lipinski definition) is 3. The summed E-state index contributed by atoms with van der Waals surface area (Å²) in [5.41, 5.74) is 2.66. The number of benzene rings is 1. The van der Waals surface area contributed by atoms with E-state index in [0.29, 0.717) is 6.54 Å². The Morgan fingerprint density at radius 3 is 2.70 bits per heavy atom. The van der Waals surface area contributed by atoms with Crippen molar-refractivity contribution in [2.45, 2.75) is 26.4 Å². The molecule has 1 aliphatic rings. The molecule has 4 heteroatoms. The topological polar surface area (TPSA) is 46.4 Å². The lowest BCUT2D eigenvalue weighted by molar-refractivity contribution is 0.701. The molecule has 0 amide bonds. The molecule has 1 unspecified atom stereocenters. The molecule has 2 heterocycles. The highest BCUT2D eigenvalue weighted by atomic mass is 16.1. The van der Waals surface area contributed by atoms with Crippen molar-refractivity contribution in [1.29, 1.82) is 0 Å². The van der Waals surface area contributed by atoms with Crippen LogP contribution in [-0.2, 0) is 6.54 Å².